The minimum absolute atomic E-state index is 0.396. The first-order valence-corrected chi connectivity index (χ1v) is 5.39. The van der Waals surface area contributed by atoms with Crippen molar-refractivity contribution >= 4 is 0 Å². The number of hydrogen-bond donors (Lipinski definition) is 0. The zero-order chi connectivity index (χ0) is 10.3. The van der Waals surface area contributed by atoms with E-state index in [-0.39, 0.29) is 0 Å². The molecule has 0 saturated carbocycles. The minimum atomic E-state index is 0.396. The average molecular weight is 184 g/mol. The monoisotopic (exact) mass is 184 g/mol. The molecule has 2 atom stereocenters. The molecule has 0 N–H and O–H groups in total. The second-order valence-corrected chi connectivity index (χ2v) is 3.86. The van der Waals surface area contributed by atoms with Crippen LogP contribution in [-0.2, 0) is 4.74 Å². The van der Waals surface area contributed by atoms with Gasteiger partial charge in [0.15, 0.2) is 0 Å². The molecule has 0 radical (unpaired) electrons. The van der Waals surface area contributed by atoms with Crippen LogP contribution in [0.15, 0.2) is 12.7 Å². The van der Waals surface area contributed by atoms with Crippen LogP contribution in [0.2, 0.25) is 0 Å². The molecule has 0 aliphatic heterocycles. The van der Waals surface area contributed by atoms with Gasteiger partial charge in [0.2, 0.25) is 0 Å². The molecule has 0 aromatic heterocycles. The van der Waals surface area contributed by atoms with Crippen LogP contribution in [0, 0.1) is 11.8 Å². The van der Waals surface area contributed by atoms with Crippen molar-refractivity contribution in [1.82, 2.24) is 0 Å². The van der Waals surface area contributed by atoms with Crippen molar-refractivity contribution in [2.75, 3.05) is 6.61 Å². The van der Waals surface area contributed by atoms with Gasteiger partial charge < -0.3 is 4.74 Å². The van der Waals surface area contributed by atoms with Gasteiger partial charge in [-0.2, -0.15) is 0 Å². The van der Waals surface area contributed by atoms with E-state index in [9.17, 15) is 0 Å². The lowest BCUT2D eigenvalue weighted by molar-refractivity contribution is -0.00495. The van der Waals surface area contributed by atoms with E-state index in [1.165, 1.54) is 12.8 Å². The van der Waals surface area contributed by atoms with E-state index >= 15 is 0 Å². The van der Waals surface area contributed by atoms with Crippen LogP contribution >= 0.6 is 0 Å². The third-order valence-electron chi connectivity index (χ3n) is 2.82. The normalized spacial score (nSPS) is 17.8. The molecule has 0 amide bonds. The minimum Gasteiger partial charge on any atom is -0.374 e. The Labute approximate surface area is 83.2 Å². The SMILES string of the molecule is C=CCOC(C(C)CC)C(C)CC. The molecule has 78 valence electrons. The number of ether oxygens (including phenoxy) is 1. The predicted molar refractivity (Wildman–Crippen MR) is 58.8 cm³/mol. The lowest BCUT2D eigenvalue weighted by atomic mass is 9.90. The van der Waals surface area contributed by atoms with Gasteiger partial charge in [-0.05, 0) is 11.8 Å². The summed E-state index contributed by atoms with van der Waals surface area (Å²) in [6.07, 6.45) is 4.60. The predicted octanol–water partition coefficient (Wildman–Crippen LogP) is 3.65. The van der Waals surface area contributed by atoms with E-state index in [1.807, 2.05) is 6.08 Å². The summed E-state index contributed by atoms with van der Waals surface area (Å²) in [6, 6.07) is 0. The van der Waals surface area contributed by atoms with Gasteiger partial charge >= 0.3 is 0 Å². The van der Waals surface area contributed by atoms with Gasteiger partial charge in [-0.25, -0.2) is 0 Å². The van der Waals surface area contributed by atoms with Crippen LogP contribution in [0.25, 0.3) is 0 Å². The summed E-state index contributed by atoms with van der Waals surface area (Å²) in [4.78, 5) is 0. The Kier molecular flexibility index (Phi) is 6.97. The van der Waals surface area contributed by atoms with E-state index in [0.717, 1.165) is 0 Å². The Morgan fingerprint density at radius 1 is 1.15 bits per heavy atom. The maximum atomic E-state index is 5.78. The van der Waals surface area contributed by atoms with Crippen molar-refractivity contribution in [2.24, 2.45) is 11.8 Å². The van der Waals surface area contributed by atoms with E-state index in [4.69, 9.17) is 4.74 Å². The molecule has 0 fully saturated rings. The van der Waals surface area contributed by atoms with Crippen LogP contribution in [0.1, 0.15) is 40.5 Å². The first-order valence-electron chi connectivity index (χ1n) is 5.39. The first-order chi connectivity index (χ1) is 6.17. The topological polar surface area (TPSA) is 9.23 Å². The molecule has 0 saturated heterocycles. The highest BCUT2D eigenvalue weighted by atomic mass is 16.5. The second kappa shape index (κ2) is 7.14. The molecule has 0 spiro atoms. The fourth-order valence-electron chi connectivity index (χ4n) is 1.53. The van der Waals surface area contributed by atoms with Gasteiger partial charge in [-0.1, -0.05) is 46.6 Å². The molecule has 0 heterocycles. The van der Waals surface area contributed by atoms with E-state index < -0.39 is 0 Å². The van der Waals surface area contributed by atoms with Gasteiger partial charge in [0.05, 0.1) is 12.7 Å². The third-order valence-corrected chi connectivity index (χ3v) is 2.82. The maximum absolute atomic E-state index is 5.78. The second-order valence-electron chi connectivity index (χ2n) is 3.86. The fraction of sp³-hybridized carbons (Fsp3) is 0.833. The van der Waals surface area contributed by atoms with E-state index in [2.05, 4.69) is 34.3 Å². The summed E-state index contributed by atoms with van der Waals surface area (Å²) < 4.78 is 5.78. The standard InChI is InChI=1S/C12H24O/c1-6-9-13-12(10(4)7-2)11(5)8-3/h6,10-12H,1,7-9H2,2-5H3. The van der Waals surface area contributed by atoms with E-state index in [1.54, 1.807) is 0 Å². The lowest BCUT2D eigenvalue weighted by Gasteiger charge is -2.28. The van der Waals surface area contributed by atoms with Gasteiger partial charge in [0, 0.05) is 0 Å². The number of hydrogen-bond acceptors (Lipinski definition) is 1. The summed E-state index contributed by atoms with van der Waals surface area (Å²) in [5, 5.41) is 0. The molecule has 0 aliphatic carbocycles. The molecule has 1 nitrogen and oxygen atoms in total. The molecule has 0 aromatic rings. The van der Waals surface area contributed by atoms with Crippen LogP contribution in [0.5, 0.6) is 0 Å². The van der Waals surface area contributed by atoms with Crippen LogP contribution in [0.4, 0.5) is 0 Å². The molecule has 0 rings (SSSR count). The van der Waals surface area contributed by atoms with Crippen LogP contribution in [0.3, 0.4) is 0 Å². The Morgan fingerprint density at radius 3 is 1.92 bits per heavy atom. The van der Waals surface area contributed by atoms with Gasteiger partial charge in [-0.3, -0.25) is 0 Å². The van der Waals surface area contributed by atoms with Crippen LogP contribution in [-0.4, -0.2) is 12.7 Å². The van der Waals surface area contributed by atoms with Crippen molar-refractivity contribution in [3.63, 3.8) is 0 Å². The van der Waals surface area contributed by atoms with Gasteiger partial charge in [0.25, 0.3) is 0 Å². The quantitative estimate of drug-likeness (QED) is 0.549. The largest absolute Gasteiger partial charge is 0.374 e. The van der Waals surface area contributed by atoms with Crippen molar-refractivity contribution in [3.05, 3.63) is 12.7 Å². The molecular formula is C12H24O. The molecule has 0 aromatic carbocycles. The van der Waals surface area contributed by atoms with Crippen molar-refractivity contribution in [3.8, 4) is 0 Å². The molecule has 1 heteroatoms. The highest BCUT2D eigenvalue weighted by Gasteiger charge is 2.21. The molecule has 0 bridgehead atoms. The molecule has 13 heavy (non-hydrogen) atoms. The summed E-state index contributed by atoms with van der Waals surface area (Å²) in [5.41, 5.74) is 0. The van der Waals surface area contributed by atoms with Crippen molar-refractivity contribution < 1.29 is 4.74 Å². The number of rotatable bonds is 7. The Bertz CT molecular complexity index is 121. The summed E-state index contributed by atoms with van der Waals surface area (Å²) in [7, 11) is 0. The average Bonchev–Trinajstić information content (AvgIpc) is 2.17. The smallest absolute Gasteiger partial charge is 0.0648 e. The third kappa shape index (κ3) is 4.47. The molecule has 2 unspecified atom stereocenters. The highest BCUT2D eigenvalue weighted by Crippen LogP contribution is 2.21. The highest BCUT2D eigenvalue weighted by molar-refractivity contribution is 4.74. The van der Waals surface area contributed by atoms with Crippen LogP contribution < -0.4 is 0 Å². The lowest BCUT2D eigenvalue weighted by Crippen LogP contribution is -2.28. The van der Waals surface area contributed by atoms with Crippen molar-refractivity contribution in [2.45, 2.75) is 46.6 Å². The Balaban J connectivity index is 4.08. The Hall–Kier alpha value is -0.300. The van der Waals surface area contributed by atoms with Crippen molar-refractivity contribution in [1.29, 1.82) is 0 Å². The first kappa shape index (κ1) is 12.7. The Morgan fingerprint density at radius 2 is 1.62 bits per heavy atom. The summed E-state index contributed by atoms with van der Waals surface area (Å²) in [5.74, 6) is 1.30. The van der Waals surface area contributed by atoms with Gasteiger partial charge in [0.1, 0.15) is 0 Å². The zero-order valence-electron chi connectivity index (χ0n) is 9.55. The maximum Gasteiger partial charge on any atom is 0.0648 e. The summed E-state index contributed by atoms with van der Waals surface area (Å²) in [6.45, 7) is 13.3. The van der Waals surface area contributed by atoms with Gasteiger partial charge in [-0.15, -0.1) is 6.58 Å². The zero-order valence-corrected chi connectivity index (χ0v) is 9.55. The molecular weight excluding hydrogens is 160 g/mol. The van der Waals surface area contributed by atoms with E-state index in [0.29, 0.717) is 24.5 Å². The fourth-order valence-corrected chi connectivity index (χ4v) is 1.53. The molecule has 0 aliphatic rings. The summed E-state index contributed by atoms with van der Waals surface area (Å²) >= 11 is 0.